The molecule has 1 fully saturated rings. The van der Waals surface area contributed by atoms with E-state index in [2.05, 4.69) is 5.32 Å². The molecule has 20 heavy (non-hydrogen) atoms. The van der Waals surface area contributed by atoms with Crippen molar-refractivity contribution < 1.29 is 14.6 Å². The van der Waals surface area contributed by atoms with Gasteiger partial charge >= 0.3 is 0 Å². The van der Waals surface area contributed by atoms with Crippen molar-refractivity contribution in [1.29, 1.82) is 0 Å². The number of nitrogens with one attached hydrogen (secondary N) is 1. The van der Waals surface area contributed by atoms with Gasteiger partial charge in [-0.25, -0.2) is 0 Å². The normalized spacial score (nSPS) is 17.4. The minimum Gasteiger partial charge on any atom is -0.497 e. The highest BCUT2D eigenvalue weighted by Crippen LogP contribution is 2.39. The molecule has 110 valence electrons. The zero-order valence-electron chi connectivity index (χ0n) is 12.2. The maximum absolute atomic E-state index is 12.0. The van der Waals surface area contributed by atoms with Crippen LogP contribution in [-0.4, -0.2) is 30.3 Å². The predicted octanol–water partition coefficient (Wildman–Crippen LogP) is 1.91. The molecule has 1 aliphatic rings. The van der Waals surface area contributed by atoms with E-state index in [0.717, 1.165) is 24.2 Å². The SMILES string of the molecule is COc1ccc(CCC(=O)NC(C)(CO)C2CC2)cc1. The van der Waals surface area contributed by atoms with Gasteiger partial charge < -0.3 is 15.2 Å². The summed E-state index contributed by atoms with van der Waals surface area (Å²) in [7, 11) is 1.63. The van der Waals surface area contributed by atoms with Crippen LogP contribution in [0.25, 0.3) is 0 Å². The number of hydrogen-bond acceptors (Lipinski definition) is 3. The molecule has 2 rings (SSSR count). The van der Waals surface area contributed by atoms with Crippen molar-refractivity contribution in [3.63, 3.8) is 0 Å². The van der Waals surface area contributed by atoms with Crippen LogP contribution in [0.3, 0.4) is 0 Å². The van der Waals surface area contributed by atoms with Crippen molar-refractivity contribution >= 4 is 5.91 Å². The average molecular weight is 277 g/mol. The number of hydrogen-bond donors (Lipinski definition) is 2. The fraction of sp³-hybridized carbons (Fsp3) is 0.562. The third-order valence-corrected chi connectivity index (χ3v) is 4.03. The van der Waals surface area contributed by atoms with E-state index in [1.165, 1.54) is 0 Å². The van der Waals surface area contributed by atoms with Gasteiger partial charge in [0.2, 0.25) is 5.91 Å². The van der Waals surface area contributed by atoms with E-state index in [1.807, 2.05) is 31.2 Å². The summed E-state index contributed by atoms with van der Waals surface area (Å²) in [4.78, 5) is 12.0. The summed E-state index contributed by atoms with van der Waals surface area (Å²) < 4.78 is 5.10. The Kier molecular flexibility index (Phi) is 4.65. The lowest BCUT2D eigenvalue weighted by Crippen LogP contribution is -2.50. The van der Waals surface area contributed by atoms with Gasteiger partial charge in [0, 0.05) is 6.42 Å². The highest BCUT2D eigenvalue weighted by molar-refractivity contribution is 5.77. The lowest BCUT2D eigenvalue weighted by atomic mass is 9.96. The average Bonchev–Trinajstić information content (AvgIpc) is 3.30. The van der Waals surface area contributed by atoms with Gasteiger partial charge in [-0.3, -0.25) is 4.79 Å². The molecule has 4 heteroatoms. The molecule has 1 atom stereocenters. The van der Waals surface area contributed by atoms with Gasteiger partial charge in [-0.2, -0.15) is 0 Å². The fourth-order valence-corrected chi connectivity index (χ4v) is 2.42. The van der Waals surface area contributed by atoms with Gasteiger partial charge in [0.05, 0.1) is 19.3 Å². The molecule has 1 aromatic carbocycles. The Morgan fingerprint density at radius 1 is 1.40 bits per heavy atom. The highest BCUT2D eigenvalue weighted by atomic mass is 16.5. The van der Waals surface area contributed by atoms with Crippen LogP contribution in [0.15, 0.2) is 24.3 Å². The van der Waals surface area contributed by atoms with Gasteiger partial charge in [0.1, 0.15) is 5.75 Å². The number of methoxy groups -OCH3 is 1. The predicted molar refractivity (Wildman–Crippen MR) is 77.7 cm³/mol. The number of amides is 1. The van der Waals surface area contributed by atoms with Gasteiger partial charge in [0.15, 0.2) is 0 Å². The Morgan fingerprint density at radius 3 is 2.55 bits per heavy atom. The first-order valence-electron chi connectivity index (χ1n) is 7.12. The number of aliphatic hydroxyl groups excluding tert-OH is 1. The van der Waals surface area contributed by atoms with Gasteiger partial charge in [-0.15, -0.1) is 0 Å². The molecular weight excluding hydrogens is 254 g/mol. The van der Waals surface area contributed by atoms with Crippen molar-refractivity contribution in [2.24, 2.45) is 5.92 Å². The van der Waals surface area contributed by atoms with E-state index in [-0.39, 0.29) is 12.5 Å². The number of benzene rings is 1. The van der Waals surface area contributed by atoms with E-state index in [4.69, 9.17) is 4.74 Å². The Morgan fingerprint density at radius 2 is 2.05 bits per heavy atom. The van der Waals surface area contributed by atoms with Crippen molar-refractivity contribution in [1.82, 2.24) is 5.32 Å². The molecule has 1 aliphatic carbocycles. The first kappa shape index (κ1) is 14.9. The number of ether oxygens (including phenoxy) is 1. The lowest BCUT2D eigenvalue weighted by Gasteiger charge is -2.28. The second-order valence-corrected chi connectivity index (χ2v) is 5.75. The summed E-state index contributed by atoms with van der Waals surface area (Å²) in [5.41, 5.74) is 0.662. The molecule has 1 amide bonds. The zero-order valence-corrected chi connectivity index (χ0v) is 12.2. The number of aliphatic hydroxyl groups is 1. The van der Waals surface area contributed by atoms with Crippen molar-refractivity contribution in [3.8, 4) is 5.75 Å². The third kappa shape index (κ3) is 3.73. The number of rotatable bonds is 7. The second-order valence-electron chi connectivity index (χ2n) is 5.75. The first-order valence-corrected chi connectivity index (χ1v) is 7.12. The largest absolute Gasteiger partial charge is 0.497 e. The van der Waals surface area contributed by atoms with E-state index >= 15 is 0 Å². The summed E-state index contributed by atoms with van der Waals surface area (Å²) in [6, 6.07) is 7.74. The fourth-order valence-electron chi connectivity index (χ4n) is 2.42. The molecule has 0 radical (unpaired) electrons. The summed E-state index contributed by atoms with van der Waals surface area (Å²) in [6.45, 7) is 1.93. The van der Waals surface area contributed by atoms with E-state index in [0.29, 0.717) is 18.8 Å². The van der Waals surface area contributed by atoms with Gasteiger partial charge in [-0.05, 0) is 49.8 Å². The maximum Gasteiger partial charge on any atom is 0.220 e. The maximum atomic E-state index is 12.0. The van der Waals surface area contributed by atoms with Crippen molar-refractivity contribution in [2.45, 2.75) is 38.1 Å². The summed E-state index contributed by atoms with van der Waals surface area (Å²) in [5.74, 6) is 1.25. The molecule has 1 saturated carbocycles. The molecular formula is C16H23NO3. The van der Waals surface area contributed by atoms with Crippen LogP contribution in [0.5, 0.6) is 5.75 Å². The first-order chi connectivity index (χ1) is 9.57. The molecule has 1 aromatic rings. The van der Waals surface area contributed by atoms with Gasteiger partial charge in [0.25, 0.3) is 0 Å². The van der Waals surface area contributed by atoms with Crippen molar-refractivity contribution in [3.05, 3.63) is 29.8 Å². The molecule has 0 spiro atoms. The zero-order chi connectivity index (χ0) is 14.6. The van der Waals surface area contributed by atoms with Crippen LogP contribution in [0.4, 0.5) is 0 Å². The molecule has 0 heterocycles. The van der Waals surface area contributed by atoms with Crippen LogP contribution in [-0.2, 0) is 11.2 Å². The minimum absolute atomic E-state index is 0.00395. The monoisotopic (exact) mass is 277 g/mol. The molecule has 0 aliphatic heterocycles. The third-order valence-electron chi connectivity index (χ3n) is 4.03. The van der Waals surface area contributed by atoms with E-state index in [9.17, 15) is 9.90 Å². The van der Waals surface area contributed by atoms with Crippen molar-refractivity contribution in [2.75, 3.05) is 13.7 Å². The number of carbonyl (C=O) groups is 1. The molecule has 0 bridgehead atoms. The molecule has 2 N–H and O–H groups in total. The van der Waals surface area contributed by atoms with Crippen LogP contribution in [0.2, 0.25) is 0 Å². The molecule has 0 saturated heterocycles. The second kappa shape index (κ2) is 6.27. The van der Waals surface area contributed by atoms with E-state index < -0.39 is 5.54 Å². The van der Waals surface area contributed by atoms with E-state index in [1.54, 1.807) is 7.11 Å². The Balaban J connectivity index is 1.82. The minimum atomic E-state index is -0.447. The number of carbonyl (C=O) groups excluding carboxylic acids is 1. The number of aryl methyl sites for hydroxylation is 1. The lowest BCUT2D eigenvalue weighted by molar-refractivity contribution is -0.123. The Bertz CT molecular complexity index is 453. The molecule has 1 unspecified atom stereocenters. The molecule has 0 aromatic heterocycles. The van der Waals surface area contributed by atoms with Crippen LogP contribution in [0, 0.1) is 5.92 Å². The summed E-state index contributed by atoms with van der Waals surface area (Å²) >= 11 is 0. The van der Waals surface area contributed by atoms with Crippen LogP contribution in [0.1, 0.15) is 31.7 Å². The van der Waals surface area contributed by atoms with Gasteiger partial charge in [-0.1, -0.05) is 12.1 Å². The quantitative estimate of drug-likeness (QED) is 0.800. The van der Waals surface area contributed by atoms with Crippen LogP contribution < -0.4 is 10.1 Å². The smallest absolute Gasteiger partial charge is 0.220 e. The summed E-state index contributed by atoms with van der Waals surface area (Å²) in [6.07, 6.45) is 3.32. The highest BCUT2D eigenvalue weighted by Gasteiger charge is 2.41. The Hall–Kier alpha value is -1.55. The summed E-state index contributed by atoms with van der Waals surface area (Å²) in [5, 5.41) is 12.4. The standard InChI is InChI=1S/C16H23NO3/c1-16(11-18,13-6-7-13)17-15(19)10-5-12-3-8-14(20-2)9-4-12/h3-4,8-9,13,18H,5-7,10-11H2,1-2H3,(H,17,19). The van der Waals surface area contributed by atoms with Crippen LogP contribution >= 0.6 is 0 Å². The molecule has 4 nitrogen and oxygen atoms in total. The topological polar surface area (TPSA) is 58.6 Å². The Labute approximate surface area is 120 Å².